The second-order valence-corrected chi connectivity index (χ2v) is 5.15. The topological polar surface area (TPSA) is 38.5 Å². The summed E-state index contributed by atoms with van der Waals surface area (Å²) in [5.41, 5.74) is 8.70. The van der Waals surface area contributed by atoms with Gasteiger partial charge < -0.3 is 10.5 Å². The van der Waals surface area contributed by atoms with Crippen molar-refractivity contribution in [2.24, 2.45) is 5.73 Å². The van der Waals surface area contributed by atoms with Gasteiger partial charge in [0.2, 0.25) is 0 Å². The van der Waals surface area contributed by atoms with Crippen LogP contribution in [-0.4, -0.2) is 30.6 Å². The zero-order chi connectivity index (χ0) is 11.7. The predicted octanol–water partition coefficient (Wildman–Crippen LogP) is 1.97. The third-order valence-electron chi connectivity index (χ3n) is 3.79. The fourth-order valence-corrected chi connectivity index (χ4v) is 2.71. The van der Waals surface area contributed by atoms with Crippen molar-refractivity contribution >= 4 is 12.4 Å². The fraction of sp³-hybridized carbons (Fsp3) is 0.571. The van der Waals surface area contributed by atoms with E-state index in [0.717, 1.165) is 51.3 Å². The van der Waals surface area contributed by atoms with Crippen LogP contribution in [0.2, 0.25) is 0 Å². The summed E-state index contributed by atoms with van der Waals surface area (Å²) in [4.78, 5) is 2.50. The van der Waals surface area contributed by atoms with Crippen LogP contribution in [0.25, 0.3) is 0 Å². The average Bonchev–Trinajstić information content (AvgIpc) is 2.79. The number of halogens is 1. The van der Waals surface area contributed by atoms with Crippen molar-refractivity contribution in [2.75, 3.05) is 19.7 Å². The van der Waals surface area contributed by atoms with Crippen molar-refractivity contribution in [2.45, 2.75) is 31.8 Å². The van der Waals surface area contributed by atoms with Crippen molar-refractivity contribution in [3.05, 3.63) is 29.3 Å². The van der Waals surface area contributed by atoms with E-state index in [1.807, 2.05) is 0 Å². The molecule has 0 amide bonds. The Kier molecular flexibility index (Phi) is 4.49. The highest BCUT2D eigenvalue weighted by Gasteiger charge is 2.17. The number of likely N-dealkylation sites (tertiary alicyclic amines) is 1. The lowest BCUT2D eigenvalue weighted by Crippen LogP contribution is -2.39. The highest BCUT2D eigenvalue weighted by molar-refractivity contribution is 5.85. The Morgan fingerprint density at radius 1 is 1.28 bits per heavy atom. The molecule has 0 bridgehead atoms. The van der Waals surface area contributed by atoms with E-state index in [4.69, 9.17) is 10.5 Å². The third kappa shape index (κ3) is 2.97. The van der Waals surface area contributed by atoms with Gasteiger partial charge in [-0.25, -0.2) is 0 Å². The molecule has 2 aliphatic rings. The Bertz CT molecular complexity index is 403. The second kappa shape index (κ2) is 5.91. The molecule has 1 aromatic carbocycles. The first-order valence-electron chi connectivity index (χ1n) is 6.54. The highest BCUT2D eigenvalue weighted by Crippen LogP contribution is 2.26. The predicted molar refractivity (Wildman–Crippen MR) is 75.4 cm³/mol. The molecule has 3 rings (SSSR count). The Labute approximate surface area is 115 Å². The summed E-state index contributed by atoms with van der Waals surface area (Å²) < 4.78 is 5.53. The van der Waals surface area contributed by atoms with Gasteiger partial charge in [0.25, 0.3) is 0 Å². The molecule has 0 aliphatic carbocycles. The average molecular weight is 269 g/mol. The van der Waals surface area contributed by atoms with Crippen LogP contribution < -0.4 is 10.5 Å². The smallest absolute Gasteiger partial charge is 0.122 e. The number of piperidine rings is 1. The minimum Gasteiger partial charge on any atom is -0.493 e. The molecule has 18 heavy (non-hydrogen) atoms. The Morgan fingerprint density at radius 2 is 2.06 bits per heavy atom. The van der Waals surface area contributed by atoms with E-state index in [9.17, 15) is 0 Å². The molecule has 0 aromatic heterocycles. The van der Waals surface area contributed by atoms with Gasteiger partial charge in [-0.2, -0.15) is 0 Å². The van der Waals surface area contributed by atoms with E-state index in [1.165, 1.54) is 11.1 Å². The van der Waals surface area contributed by atoms with E-state index in [0.29, 0.717) is 6.04 Å². The van der Waals surface area contributed by atoms with Gasteiger partial charge in [0, 0.05) is 19.0 Å². The van der Waals surface area contributed by atoms with Crippen LogP contribution in [0.15, 0.2) is 18.2 Å². The highest BCUT2D eigenvalue weighted by atomic mass is 35.5. The molecular weight excluding hydrogens is 248 g/mol. The lowest BCUT2D eigenvalue weighted by molar-refractivity contribution is 0.205. The molecule has 1 fully saturated rings. The Hall–Kier alpha value is -0.770. The minimum atomic E-state index is 0. The van der Waals surface area contributed by atoms with Gasteiger partial charge >= 0.3 is 0 Å². The molecule has 2 heterocycles. The van der Waals surface area contributed by atoms with E-state index < -0.39 is 0 Å². The number of rotatable bonds is 2. The molecule has 4 heteroatoms. The molecule has 3 nitrogen and oxygen atoms in total. The number of nitrogens with two attached hydrogens (primary N) is 1. The monoisotopic (exact) mass is 268 g/mol. The largest absolute Gasteiger partial charge is 0.493 e. The quantitative estimate of drug-likeness (QED) is 0.891. The number of hydrogen-bond acceptors (Lipinski definition) is 3. The molecule has 0 spiro atoms. The van der Waals surface area contributed by atoms with Gasteiger partial charge in [-0.15, -0.1) is 12.4 Å². The number of fused-ring (bicyclic) bond motifs is 1. The number of nitrogens with zero attached hydrogens (tertiary/aromatic N) is 1. The first-order chi connectivity index (χ1) is 8.31. The molecule has 100 valence electrons. The summed E-state index contributed by atoms with van der Waals surface area (Å²) in [6, 6.07) is 7.03. The van der Waals surface area contributed by atoms with Crippen molar-refractivity contribution in [1.82, 2.24) is 4.90 Å². The molecule has 1 saturated heterocycles. The lowest BCUT2D eigenvalue weighted by Gasteiger charge is -2.30. The number of benzene rings is 1. The third-order valence-corrected chi connectivity index (χ3v) is 3.79. The standard InChI is InChI=1S/C14H20N2O.ClH/c15-13-3-6-16(7-4-13)10-11-1-2-14-12(9-11)5-8-17-14;/h1-2,9,13H,3-8,10,15H2;1H. The maximum absolute atomic E-state index is 5.92. The van der Waals surface area contributed by atoms with Crippen LogP contribution in [0, 0.1) is 0 Å². The zero-order valence-corrected chi connectivity index (χ0v) is 11.4. The maximum Gasteiger partial charge on any atom is 0.122 e. The molecule has 0 atom stereocenters. The Morgan fingerprint density at radius 3 is 2.83 bits per heavy atom. The zero-order valence-electron chi connectivity index (χ0n) is 10.6. The normalized spacial score (nSPS) is 20.1. The minimum absolute atomic E-state index is 0. The van der Waals surface area contributed by atoms with Crippen molar-refractivity contribution in [3.63, 3.8) is 0 Å². The van der Waals surface area contributed by atoms with E-state index in [-0.39, 0.29) is 12.4 Å². The van der Waals surface area contributed by atoms with Gasteiger partial charge in [0.05, 0.1) is 6.61 Å². The van der Waals surface area contributed by atoms with E-state index in [2.05, 4.69) is 23.1 Å². The summed E-state index contributed by atoms with van der Waals surface area (Å²) in [6.45, 7) is 4.17. The van der Waals surface area contributed by atoms with Crippen LogP contribution >= 0.6 is 12.4 Å². The molecule has 0 radical (unpaired) electrons. The van der Waals surface area contributed by atoms with Crippen LogP contribution in [0.4, 0.5) is 0 Å². The second-order valence-electron chi connectivity index (χ2n) is 5.15. The van der Waals surface area contributed by atoms with Crippen LogP contribution in [0.3, 0.4) is 0 Å². The molecular formula is C14H21ClN2O. The van der Waals surface area contributed by atoms with Crippen molar-refractivity contribution in [1.29, 1.82) is 0 Å². The fourth-order valence-electron chi connectivity index (χ4n) is 2.71. The van der Waals surface area contributed by atoms with Crippen molar-refractivity contribution < 1.29 is 4.74 Å². The summed E-state index contributed by atoms with van der Waals surface area (Å²) in [5.74, 6) is 1.08. The van der Waals surface area contributed by atoms with Gasteiger partial charge in [0.15, 0.2) is 0 Å². The summed E-state index contributed by atoms with van der Waals surface area (Å²) in [7, 11) is 0. The van der Waals surface area contributed by atoms with Gasteiger partial charge in [-0.3, -0.25) is 4.90 Å². The molecule has 1 aromatic rings. The first kappa shape index (κ1) is 13.7. The van der Waals surface area contributed by atoms with E-state index >= 15 is 0 Å². The van der Waals surface area contributed by atoms with E-state index in [1.54, 1.807) is 0 Å². The SMILES string of the molecule is Cl.NC1CCN(Cc2ccc3c(c2)CCO3)CC1. The Balaban J connectivity index is 0.00000120. The van der Waals surface area contributed by atoms with Crippen LogP contribution in [0.5, 0.6) is 5.75 Å². The molecule has 0 unspecified atom stereocenters. The van der Waals surface area contributed by atoms with Gasteiger partial charge in [-0.1, -0.05) is 12.1 Å². The van der Waals surface area contributed by atoms with Crippen LogP contribution in [0.1, 0.15) is 24.0 Å². The molecule has 2 N–H and O–H groups in total. The number of ether oxygens (including phenoxy) is 1. The van der Waals surface area contributed by atoms with Crippen LogP contribution in [-0.2, 0) is 13.0 Å². The molecule has 0 saturated carbocycles. The van der Waals surface area contributed by atoms with Gasteiger partial charge in [0.1, 0.15) is 5.75 Å². The summed E-state index contributed by atoms with van der Waals surface area (Å²) >= 11 is 0. The van der Waals surface area contributed by atoms with Gasteiger partial charge in [-0.05, 0) is 43.1 Å². The maximum atomic E-state index is 5.92. The molecule has 2 aliphatic heterocycles. The lowest BCUT2D eigenvalue weighted by atomic mass is 10.0. The summed E-state index contributed by atoms with van der Waals surface area (Å²) in [5, 5.41) is 0. The van der Waals surface area contributed by atoms with Crippen molar-refractivity contribution in [3.8, 4) is 5.75 Å². The number of hydrogen-bond donors (Lipinski definition) is 1. The first-order valence-corrected chi connectivity index (χ1v) is 6.54. The summed E-state index contributed by atoms with van der Waals surface area (Å²) in [6.07, 6.45) is 3.33.